The number of pyridine rings is 1. The number of nitrogens with zero attached hydrogens (tertiary/aromatic N) is 2. The van der Waals surface area contributed by atoms with Crippen LogP contribution in [0.5, 0.6) is 6.08 Å². The van der Waals surface area contributed by atoms with Crippen LogP contribution in [-0.4, -0.2) is 32.8 Å². The number of halogens is 7. The van der Waals surface area contributed by atoms with Crippen LogP contribution in [0, 0.1) is 0 Å². The zero-order valence-corrected chi connectivity index (χ0v) is 19.6. The summed E-state index contributed by atoms with van der Waals surface area (Å²) < 4.78 is 84.1. The molecule has 2 aromatic carbocycles. The third-order valence-corrected chi connectivity index (χ3v) is 6.09. The fraction of sp³-hybridized carbons (Fsp3) is 0.333. The largest absolute Gasteiger partial charge is 0.466 e. The summed E-state index contributed by atoms with van der Waals surface area (Å²) in [6, 6.07) is 8.11. The number of hydrogen-bond donors (Lipinski definition) is 3. The normalized spacial score (nSPS) is 17.5. The van der Waals surface area contributed by atoms with E-state index >= 15 is 0 Å². The van der Waals surface area contributed by atoms with E-state index in [9.17, 15) is 31.4 Å². The summed E-state index contributed by atoms with van der Waals surface area (Å²) in [4.78, 5) is 6.90. The highest BCUT2D eigenvalue weighted by molar-refractivity contribution is 6.31. The molecule has 4 aromatic rings. The van der Waals surface area contributed by atoms with E-state index in [1.54, 1.807) is 18.2 Å². The first-order valence-electron chi connectivity index (χ1n) is 11.1. The van der Waals surface area contributed by atoms with Crippen molar-refractivity contribution in [1.29, 1.82) is 0 Å². The Morgan fingerprint density at radius 3 is 2.41 bits per heavy atom. The van der Waals surface area contributed by atoms with Gasteiger partial charge in [0.25, 0.3) is 0 Å². The average Bonchev–Trinajstić information content (AvgIpc) is 3.21. The SMILES string of the molecule is O[C@@H](c1cc(C(F)(F)F)nc2c(C(F)(F)F)cccc12)[C@H]1CCCCN1.Oc1nc2cc(Cl)ccc2o1. The van der Waals surface area contributed by atoms with E-state index in [1.165, 1.54) is 6.07 Å². The molecule has 3 N–H and O–H groups in total. The number of fused-ring (bicyclic) bond motifs is 2. The number of alkyl halides is 6. The van der Waals surface area contributed by atoms with Crippen LogP contribution in [0.1, 0.15) is 42.2 Å². The van der Waals surface area contributed by atoms with Crippen molar-refractivity contribution in [2.45, 2.75) is 43.8 Å². The van der Waals surface area contributed by atoms with Crippen LogP contribution in [-0.2, 0) is 12.4 Å². The molecule has 0 aliphatic carbocycles. The molecule has 0 amide bonds. The number of aliphatic hydroxyl groups excluding tert-OH is 1. The Labute approximate surface area is 210 Å². The van der Waals surface area contributed by atoms with Gasteiger partial charge in [-0.25, -0.2) is 4.98 Å². The number of nitrogens with one attached hydrogen (secondary N) is 1. The molecule has 0 radical (unpaired) electrons. The number of para-hydroxylation sites is 1. The van der Waals surface area contributed by atoms with Crippen molar-refractivity contribution in [2.24, 2.45) is 0 Å². The van der Waals surface area contributed by atoms with E-state index in [1.807, 2.05) is 0 Å². The molecule has 1 saturated heterocycles. The van der Waals surface area contributed by atoms with Crippen LogP contribution in [0.15, 0.2) is 46.9 Å². The van der Waals surface area contributed by atoms with Gasteiger partial charge in [-0.05, 0) is 55.3 Å². The van der Waals surface area contributed by atoms with E-state index in [-0.39, 0.29) is 17.0 Å². The van der Waals surface area contributed by atoms with Gasteiger partial charge in [-0.1, -0.05) is 30.2 Å². The Morgan fingerprint density at radius 1 is 1.00 bits per heavy atom. The van der Waals surface area contributed by atoms with Gasteiger partial charge in [-0.3, -0.25) is 0 Å². The van der Waals surface area contributed by atoms with Crippen molar-refractivity contribution >= 4 is 33.6 Å². The smallest absolute Gasteiger partial charge is 0.433 e. The third-order valence-electron chi connectivity index (χ3n) is 5.85. The van der Waals surface area contributed by atoms with Gasteiger partial charge in [0.05, 0.1) is 17.2 Å². The maximum atomic E-state index is 13.2. The number of oxazole rings is 1. The molecular weight excluding hydrogens is 528 g/mol. The number of benzene rings is 2. The predicted molar refractivity (Wildman–Crippen MR) is 123 cm³/mol. The Balaban J connectivity index is 0.000000241. The molecule has 1 aliphatic rings. The van der Waals surface area contributed by atoms with Crippen molar-refractivity contribution in [3.63, 3.8) is 0 Å². The zero-order chi connectivity index (χ0) is 27.0. The van der Waals surface area contributed by atoms with Crippen LogP contribution in [0.4, 0.5) is 26.3 Å². The van der Waals surface area contributed by atoms with Crippen LogP contribution >= 0.6 is 11.6 Å². The lowest BCUT2D eigenvalue weighted by Crippen LogP contribution is -2.39. The van der Waals surface area contributed by atoms with Gasteiger partial charge < -0.3 is 19.9 Å². The zero-order valence-electron chi connectivity index (χ0n) is 18.9. The fourth-order valence-electron chi connectivity index (χ4n) is 4.15. The molecular formula is C24H20ClF6N3O3. The topological polar surface area (TPSA) is 91.4 Å². The summed E-state index contributed by atoms with van der Waals surface area (Å²) in [5.41, 5.74) is -2.62. The fourth-order valence-corrected chi connectivity index (χ4v) is 4.31. The number of aromatic nitrogens is 2. The molecule has 1 aliphatic heterocycles. The molecule has 198 valence electrons. The first-order valence-corrected chi connectivity index (χ1v) is 11.5. The molecule has 0 unspecified atom stereocenters. The minimum Gasteiger partial charge on any atom is -0.466 e. The minimum absolute atomic E-state index is 0.132. The predicted octanol–water partition coefficient (Wildman–Crippen LogP) is 6.63. The second-order valence-electron chi connectivity index (χ2n) is 8.40. The van der Waals surface area contributed by atoms with Crippen molar-refractivity contribution in [3.8, 4) is 6.08 Å². The Bertz CT molecular complexity index is 1400. The summed E-state index contributed by atoms with van der Waals surface area (Å²) in [5, 5.41) is 22.9. The third kappa shape index (κ3) is 6.08. The Morgan fingerprint density at radius 2 is 1.76 bits per heavy atom. The molecule has 0 saturated carbocycles. The van der Waals surface area contributed by atoms with E-state index in [4.69, 9.17) is 21.1 Å². The summed E-state index contributed by atoms with van der Waals surface area (Å²) in [6.45, 7) is 0.588. The minimum atomic E-state index is -4.93. The van der Waals surface area contributed by atoms with Crippen LogP contribution in [0.3, 0.4) is 0 Å². The maximum absolute atomic E-state index is 13.2. The number of hydrogen-bond acceptors (Lipinski definition) is 6. The second-order valence-corrected chi connectivity index (χ2v) is 8.84. The van der Waals surface area contributed by atoms with E-state index in [0.717, 1.165) is 18.9 Å². The van der Waals surface area contributed by atoms with Gasteiger partial charge in [0, 0.05) is 16.5 Å². The van der Waals surface area contributed by atoms with Crippen molar-refractivity contribution in [1.82, 2.24) is 15.3 Å². The summed E-state index contributed by atoms with van der Waals surface area (Å²) in [7, 11) is 0. The quantitative estimate of drug-likeness (QED) is 0.244. The van der Waals surface area contributed by atoms with Crippen molar-refractivity contribution in [3.05, 3.63) is 64.3 Å². The first kappa shape index (κ1) is 27.0. The number of aliphatic hydroxyl groups is 1. The highest BCUT2D eigenvalue weighted by atomic mass is 35.5. The molecule has 2 atom stereocenters. The molecule has 2 aromatic heterocycles. The molecule has 3 heterocycles. The number of piperidine rings is 1. The first-order chi connectivity index (χ1) is 17.3. The van der Waals surface area contributed by atoms with Crippen molar-refractivity contribution in [2.75, 3.05) is 6.54 Å². The molecule has 1 fully saturated rings. The molecule has 6 nitrogen and oxygen atoms in total. The molecule has 13 heteroatoms. The molecule has 37 heavy (non-hydrogen) atoms. The molecule has 0 bridgehead atoms. The monoisotopic (exact) mass is 547 g/mol. The van der Waals surface area contributed by atoms with Gasteiger partial charge in [0.15, 0.2) is 5.58 Å². The van der Waals surface area contributed by atoms with Crippen LogP contribution in [0.25, 0.3) is 22.0 Å². The highest BCUT2D eigenvalue weighted by Gasteiger charge is 2.38. The summed E-state index contributed by atoms with van der Waals surface area (Å²) in [6.07, 6.45) is -9.33. The Hall–Kier alpha value is -3.09. The van der Waals surface area contributed by atoms with Crippen LogP contribution < -0.4 is 5.32 Å². The van der Waals surface area contributed by atoms with Gasteiger partial charge >= 0.3 is 18.4 Å². The highest BCUT2D eigenvalue weighted by Crippen LogP contribution is 2.39. The van der Waals surface area contributed by atoms with Gasteiger partial charge in [-0.15, -0.1) is 0 Å². The summed E-state index contributed by atoms with van der Waals surface area (Å²) in [5.74, 6) is 0. The summed E-state index contributed by atoms with van der Waals surface area (Å²) >= 11 is 5.66. The second kappa shape index (κ2) is 10.3. The standard InChI is InChI=1S/C17H16F6N2O.C7H4ClNO2/c18-16(19,20)11-5-3-4-9-10(15(26)12-6-1-2-7-24-12)8-13(17(21,22)23)25-14(9)11;8-4-1-2-6-5(3-4)9-7(10)11-6/h3-5,8,12,15,24,26H,1-2,6-7H2;1-3H,(H,9,10)/t12-,15+;/m1./s1. The lowest BCUT2D eigenvalue weighted by molar-refractivity contribution is -0.142. The van der Waals surface area contributed by atoms with Gasteiger partial charge in [0.2, 0.25) is 0 Å². The maximum Gasteiger partial charge on any atom is 0.433 e. The number of rotatable bonds is 2. The van der Waals surface area contributed by atoms with Crippen LogP contribution in [0.2, 0.25) is 5.02 Å². The Kier molecular flexibility index (Phi) is 7.54. The van der Waals surface area contributed by atoms with Gasteiger partial charge in [-0.2, -0.15) is 31.3 Å². The molecule has 5 rings (SSSR count). The van der Waals surface area contributed by atoms with E-state index in [2.05, 4.69) is 15.3 Å². The lowest BCUT2D eigenvalue weighted by Gasteiger charge is -2.29. The van der Waals surface area contributed by atoms with E-state index < -0.39 is 41.3 Å². The van der Waals surface area contributed by atoms with Crippen molar-refractivity contribution < 1.29 is 41.0 Å². The number of aromatic hydroxyl groups is 1. The molecule has 0 spiro atoms. The average molecular weight is 548 g/mol. The van der Waals surface area contributed by atoms with E-state index in [0.29, 0.717) is 41.2 Å². The lowest BCUT2D eigenvalue weighted by atomic mass is 9.91. The van der Waals surface area contributed by atoms with Gasteiger partial charge in [0.1, 0.15) is 11.2 Å².